The Hall–Kier alpha value is -0.620. The summed E-state index contributed by atoms with van der Waals surface area (Å²) < 4.78 is 0. The summed E-state index contributed by atoms with van der Waals surface area (Å²) in [6.07, 6.45) is -1.95. The summed E-state index contributed by atoms with van der Waals surface area (Å²) in [4.78, 5) is 0. The lowest BCUT2D eigenvalue weighted by Gasteiger charge is -2.16. The summed E-state index contributed by atoms with van der Waals surface area (Å²) in [5, 5.41) is 37.5. The molecule has 4 nitrogen and oxygen atoms in total. The SMILES string of the molecule is OCc1cc(C(O)C(O)CBr)ccc1O. The maximum Gasteiger partial charge on any atom is 0.121 e. The molecule has 0 aromatic heterocycles. The molecule has 0 saturated heterocycles. The summed E-state index contributed by atoms with van der Waals surface area (Å²) in [7, 11) is 0. The van der Waals surface area contributed by atoms with Gasteiger partial charge in [0, 0.05) is 10.9 Å². The summed E-state index contributed by atoms with van der Waals surface area (Å²) >= 11 is 3.05. The molecule has 0 bridgehead atoms. The molecule has 0 amide bonds. The highest BCUT2D eigenvalue weighted by molar-refractivity contribution is 9.09. The second-order valence-corrected chi connectivity index (χ2v) is 3.86. The highest BCUT2D eigenvalue weighted by Crippen LogP contribution is 2.24. The average molecular weight is 277 g/mol. The molecule has 0 aliphatic rings. The van der Waals surface area contributed by atoms with Gasteiger partial charge in [-0.15, -0.1) is 0 Å². The fourth-order valence-electron chi connectivity index (χ4n) is 1.22. The lowest BCUT2D eigenvalue weighted by atomic mass is 10.0. The highest BCUT2D eigenvalue weighted by Gasteiger charge is 2.17. The predicted molar refractivity (Wildman–Crippen MR) is 58.8 cm³/mol. The Morgan fingerprint density at radius 3 is 2.47 bits per heavy atom. The van der Waals surface area contributed by atoms with Crippen molar-refractivity contribution < 1.29 is 20.4 Å². The minimum absolute atomic E-state index is 0.0261. The molecule has 0 saturated carbocycles. The Morgan fingerprint density at radius 2 is 1.93 bits per heavy atom. The third-order valence-electron chi connectivity index (χ3n) is 2.14. The molecule has 4 N–H and O–H groups in total. The van der Waals surface area contributed by atoms with Crippen LogP contribution >= 0.6 is 15.9 Å². The first-order valence-electron chi connectivity index (χ1n) is 4.45. The van der Waals surface area contributed by atoms with Crippen molar-refractivity contribution in [2.24, 2.45) is 0 Å². The van der Waals surface area contributed by atoms with Crippen molar-refractivity contribution in [3.8, 4) is 5.75 Å². The van der Waals surface area contributed by atoms with Crippen molar-refractivity contribution in [2.75, 3.05) is 5.33 Å². The van der Waals surface area contributed by atoms with Crippen LogP contribution in [0.3, 0.4) is 0 Å². The molecule has 2 unspecified atom stereocenters. The van der Waals surface area contributed by atoms with Gasteiger partial charge >= 0.3 is 0 Å². The van der Waals surface area contributed by atoms with Crippen LogP contribution in [-0.4, -0.2) is 31.9 Å². The number of hydrogen-bond acceptors (Lipinski definition) is 4. The molecule has 0 aliphatic heterocycles. The molecular formula is C10H13BrO4. The Kier molecular flexibility index (Phi) is 4.53. The van der Waals surface area contributed by atoms with Crippen LogP contribution in [0, 0.1) is 0 Å². The van der Waals surface area contributed by atoms with Gasteiger partial charge in [0.2, 0.25) is 0 Å². The van der Waals surface area contributed by atoms with Gasteiger partial charge in [0.1, 0.15) is 11.9 Å². The van der Waals surface area contributed by atoms with E-state index in [9.17, 15) is 15.3 Å². The van der Waals surface area contributed by atoms with Crippen LogP contribution in [0.2, 0.25) is 0 Å². The molecule has 0 fully saturated rings. The van der Waals surface area contributed by atoms with E-state index >= 15 is 0 Å². The number of hydrogen-bond donors (Lipinski definition) is 4. The Labute approximate surface area is 95.9 Å². The number of aliphatic hydroxyl groups is 3. The molecule has 0 heterocycles. The Balaban J connectivity index is 2.95. The number of alkyl halides is 1. The molecule has 1 rings (SSSR count). The molecular weight excluding hydrogens is 264 g/mol. The molecule has 84 valence electrons. The maximum absolute atomic E-state index is 9.66. The molecule has 1 aromatic rings. The molecule has 0 spiro atoms. The van der Waals surface area contributed by atoms with Crippen molar-refractivity contribution in [1.29, 1.82) is 0 Å². The zero-order chi connectivity index (χ0) is 11.4. The largest absolute Gasteiger partial charge is 0.508 e. The van der Waals surface area contributed by atoms with Gasteiger partial charge in [-0.25, -0.2) is 0 Å². The van der Waals surface area contributed by atoms with Gasteiger partial charge in [0.15, 0.2) is 0 Å². The average Bonchev–Trinajstić information content (AvgIpc) is 2.27. The standard InChI is InChI=1S/C10H13BrO4/c11-4-9(14)10(15)6-1-2-8(13)7(3-6)5-12/h1-3,9-10,12-15H,4-5H2. The van der Waals surface area contributed by atoms with Gasteiger partial charge in [-0.05, 0) is 17.7 Å². The fraction of sp³-hybridized carbons (Fsp3) is 0.400. The van der Waals surface area contributed by atoms with Gasteiger partial charge in [-0.2, -0.15) is 0 Å². The zero-order valence-electron chi connectivity index (χ0n) is 7.97. The minimum atomic E-state index is -1.03. The summed E-state index contributed by atoms with van der Waals surface area (Å²) in [6.45, 7) is -0.309. The van der Waals surface area contributed by atoms with Crippen LogP contribution < -0.4 is 0 Å². The van der Waals surface area contributed by atoms with Crippen LogP contribution in [0.15, 0.2) is 18.2 Å². The number of rotatable bonds is 4. The summed E-state index contributed by atoms with van der Waals surface area (Å²) in [5.74, 6) is -0.0261. The smallest absolute Gasteiger partial charge is 0.121 e. The third-order valence-corrected chi connectivity index (χ3v) is 2.80. The van der Waals surface area contributed by atoms with Crippen LogP contribution in [0.5, 0.6) is 5.75 Å². The summed E-state index contributed by atoms with van der Waals surface area (Å²) in [5.41, 5.74) is 0.789. The van der Waals surface area contributed by atoms with Crippen molar-refractivity contribution in [1.82, 2.24) is 0 Å². The third kappa shape index (κ3) is 2.92. The molecule has 2 atom stereocenters. The summed E-state index contributed by atoms with van der Waals surface area (Å²) in [6, 6.07) is 4.35. The van der Waals surface area contributed by atoms with E-state index in [1.807, 2.05) is 0 Å². The molecule has 5 heteroatoms. The van der Waals surface area contributed by atoms with E-state index in [1.54, 1.807) is 0 Å². The van der Waals surface area contributed by atoms with E-state index in [1.165, 1.54) is 18.2 Å². The van der Waals surface area contributed by atoms with Crippen LogP contribution in [-0.2, 0) is 6.61 Å². The lowest BCUT2D eigenvalue weighted by molar-refractivity contribution is 0.0341. The molecule has 1 aromatic carbocycles. The number of benzene rings is 1. The second-order valence-electron chi connectivity index (χ2n) is 3.21. The number of aromatic hydroxyl groups is 1. The van der Waals surface area contributed by atoms with Gasteiger partial charge in [0.25, 0.3) is 0 Å². The quantitative estimate of drug-likeness (QED) is 0.610. The number of aliphatic hydroxyl groups excluding tert-OH is 3. The highest BCUT2D eigenvalue weighted by atomic mass is 79.9. The van der Waals surface area contributed by atoms with E-state index < -0.39 is 12.2 Å². The first-order valence-corrected chi connectivity index (χ1v) is 5.57. The first-order chi connectivity index (χ1) is 7.10. The van der Waals surface area contributed by atoms with Crippen LogP contribution in [0.4, 0.5) is 0 Å². The van der Waals surface area contributed by atoms with E-state index in [0.29, 0.717) is 11.1 Å². The topological polar surface area (TPSA) is 80.9 Å². The van der Waals surface area contributed by atoms with Gasteiger partial charge in [0.05, 0.1) is 12.7 Å². The van der Waals surface area contributed by atoms with Crippen molar-refractivity contribution in [2.45, 2.75) is 18.8 Å². The van der Waals surface area contributed by atoms with Gasteiger partial charge in [-0.1, -0.05) is 22.0 Å². The fourth-order valence-corrected chi connectivity index (χ4v) is 1.58. The van der Waals surface area contributed by atoms with Crippen molar-refractivity contribution in [3.05, 3.63) is 29.3 Å². The Bertz CT molecular complexity index is 329. The van der Waals surface area contributed by atoms with Crippen LogP contribution in [0.25, 0.3) is 0 Å². The van der Waals surface area contributed by atoms with E-state index in [0.717, 1.165) is 0 Å². The first kappa shape index (κ1) is 12.4. The Morgan fingerprint density at radius 1 is 1.27 bits per heavy atom. The minimum Gasteiger partial charge on any atom is -0.508 e. The zero-order valence-corrected chi connectivity index (χ0v) is 9.55. The molecule has 15 heavy (non-hydrogen) atoms. The normalized spacial score (nSPS) is 14.9. The lowest BCUT2D eigenvalue weighted by Crippen LogP contribution is -2.19. The van der Waals surface area contributed by atoms with Crippen molar-refractivity contribution >= 4 is 15.9 Å². The van der Waals surface area contributed by atoms with E-state index in [4.69, 9.17) is 5.11 Å². The van der Waals surface area contributed by atoms with Gasteiger partial charge < -0.3 is 20.4 Å². The van der Waals surface area contributed by atoms with Crippen molar-refractivity contribution in [3.63, 3.8) is 0 Å². The molecule has 0 radical (unpaired) electrons. The van der Waals surface area contributed by atoms with E-state index in [2.05, 4.69) is 15.9 Å². The number of phenols is 1. The molecule has 0 aliphatic carbocycles. The van der Waals surface area contributed by atoms with Crippen LogP contribution in [0.1, 0.15) is 17.2 Å². The monoisotopic (exact) mass is 276 g/mol. The van der Waals surface area contributed by atoms with Gasteiger partial charge in [-0.3, -0.25) is 0 Å². The second kappa shape index (κ2) is 5.46. The predicted octanol–water partition coefficient (Wildman–Crippen LogP) is 0.674. The van der Waals surface area contributed by atoms with E-state index in [-0.39, 0.29) is 17.7 Å². The maximum atomic E-state index is 9.66. The number of halogens is 1.